The summed E-state index contributed by atoms with van der Waals surface area (Å²) in [6.45, 7) is 4.70. The van der Waals surface area contributed by atoms with Gasteiger partial charge < -0.3 is 4.42 Å². The molecule has 0 amide bonds. The fraction of sp³-hybridized carbons (Fsp3) is 0.296. The summed E-state index contributed by atoms with van der Waals surface area (Å²) in [5.41, 5.74) is 6.52. The van der Waals surface area contributed by atoms with Gasteiger partial charge in [0.2, 0.25) is 0 Å². The van der Waals surface area contributed by atoms with Crippen LogP contribution in [0.3, 0.4) is 0 Å². The minimum atomic E-state index is 0.454. The number of aryl methyl sites for hydroxylation is 2. The van der Waals surface area contributed by atoms with Crippen molar-refractivity contribution in [1.29, 1.82) is 0 Å². The van der Waals surface area contributed by atoms with E-state index < -0.39 is 0 Å². The van der Waals surface area contributed by atoms with Gasteiger partial charge in [-0.05, 0) is 68.1 Å². The van der Waals surface area contributed by atoms with Gasteiger partial charge in [-0.2, -0.15) is 0 Å². The van der Waals surface area contributed by atoms with Crippen LogP contribution in [0.1, 0.15) is 42.8 Å². The van der Waals surface area contributed by atoms with E-state index >= 15 is 0 Å². The molecule has 6 nitrogen and oxygen atoms in total. The molecule has 1 saturated heterocycles. The molecule has 6 heteroatoms. The molecule has 6 rings (SSSR count). The fourth-order valence-corrected chi connectivity index (χ4v) is 5.06. The molecule has 0 aliphatic carbocycles. The molecule has 0 radical (unpaired) electrons. The van der Waals surface area contributed by atoms with Gasteiger partial charge >= 0.3 is 0 Å². The Morgan fingerprint density at radius 3 is 2.70 bits per heavy atom. The predicted molar refractivity (Wildman–Crippen MR) is 129 cm³/mol. The number of likely N-dealkylation sites (tertiary alicyclic amines) is 1. The number of hydrogen-bond acceptors (Lipinski definition) is 5. The van der Waals surface area contributed by atoms with Crippen molar-refractivity contribution < 1.29 is 4.42 Å². The first-order valence-electron chi connectivity index (χ1n) is 11.7. The number of benzene rings is 2. The highest BCUT2D eigenvalue weighted by atomic mass is 16.3. The first kappa shape index (κ1) is 20.1. The lowest BCUT2D eigenvalue weighted by atomic mass is 10.0. The molecule has 1 unspecified atom stereocenters. The van der Waals surface area contributed by atoms with Crippen LogP contribution < -0.4 is 0 Å². The monoisotopic (exact) mass is 437 g/mol. The van der Waals surface area contributed by atoms with E-state index in [4.69, 9.17) is 9.40 Å². The lowest BCUT2D eigenvalue weighted by molar-refractivity contribution is 0.263. The van der Waals surface area contributed by atoms with Crippen molar-refractivity contribution in [2.75, 3.05) is 13.1 Å². The minimum Gasteiger partial charge on any atom is -0.464 e. The summed E-state index contributed by atoms with van der Waals surface area (Å²) in [7, 11) is 0. The van der Waals surface area contributed by atoms with Crippen molar-refractivity contribution in [3.63, 3.8) is 0 Å². The second kappa shape index (κ2) is 8.45. The first-order valence-corrected chi connectivity index (χ1v) is 11.7. The van der Waals surface area contributed by atoms with Crippen LogP contribution in [0.5, 0.6) is 0 Å². The smallest absolute Gasteiger partial charge is 0.171 e. The Balaban J connectivity index is 1.26. The van der Waals surface area contributed by atoms with E-state index in [0.717, 1.165) is 46.4 Å². The molecule has 1 aliphatic heterocycles. The molecule has 2 aromatic carbocycles. The molecule has 0 saturated carbocycles. The lowest BCUT2D eigenvalue weighted by Gasteiger charge is -2.24. The number of nitrogens with zero attached hydrogens (tertiary/aromatic N) is 5. The summed E-state index contributed by atoms with van der Waals surface area (Å²) in [4.78, 5) is 7.37. The zero-order chi connectivity index (χ0) is 22.2. The molecule has 0 bridgehead atoms. The highest BCUT2D eigenvalue weighted by molar-refractivity contribution is 5.81. The molecule has 166 valence electrons. The van der Waals surface area contributed by atoms with E-state index in [1.807, 2.05) is 28.8 Å². The summed E-state index contributed by atoms with van der Waals surface area (Å²) in [6, 6.07) is 17.5. The van der Waals surface area contributed by atoms with Crippen molar-refractivity contribution in [1.82, 2.24) is 24.5 Å². The number of fused-ring (bicyclic) bond motifs is 2. The fourth-order valence-electron chi connectivity index (χ4n) is 5.06. The molecule has 3 aromatic heterocycles. The molecule has 5 aromatic rings. The molecule has 1 fully saturated rings. The van der Waals surface area contributed by atoms with Gasteiger partial charge in [-0.15, -0.1) is 10.2 Å². The Labute approximate surface area is 192 Å². The third-order valence-corrected chi connectivity index (χ3v) is 7.01. The first-order chi connectivity index (χ1) is 16.3. The Bertz CT molecular complexity index is 1400. The van der Waals surface area contributed by atoms with Crippen LogP contribution in [0.25, 0.3) is 27.7 Å². The topological polar surface area (TPSA) is 59.5 Å². The summed E-state index contributed by atoms with van der Waals surface area (Å²) in [6.07, 6.45) is 9.74. The minimum absolute atomic E-state index is 0.454. The highest BCUT2D eigenvalue weighted by Gasteiger charge is 2.19. The van der Waals surface area contributed by atoms with Gasteiger partial charge in [0.15, 0.2) is 5.65 Å². The van der Waals surface area contributed by atoms with Gasteiger partial charge in [0.05, 0.1) is 6.26 Å². The van der Waals surface area contributed by atoms with Crippen LogP contribution in [0.15, 0.2) is 71.7 Å². The summed E-state index contributed by atoms with van der Waals surface area (Å²) in [5.74, 6) is 0.957. The second-order valence-electron chi connectivity index (χ2n) is 8.90. The molecule has 4 heterocycles. The van der Waals surface area contributed by atoms with Crippen molar-refractivity contribution in [2.45, 2.75) is 38.6 Å². The number of hydrogen-bond donors (Lipinski definition) is 0. The van der Waals surface area contributed by atoms with Gasteiger partial charge in [0.25, 0.3) is 0 Å². The maximum absolute atomic E-state index is 5.54. The number of aromatic nitrogens is 4. The van der Waals surface area contributed by atoms with E-state index in [2.05, 4.69) is 52.4 Å². The lowest BCUT2D eigenvalue weighted by Crippen LogP contribution is -2.23. The SMILES string of the molecule is CC(c1ccc(-c2cnc(CCc3cccc4occc34)n3cnnc23)cc1)N1CCCC1. The normalized spacial score (nSPS) is 15.5. The van der Waals surface area contributed by atoms with Gasteiger partial charge in [0.1, 0.15) is 17.7 Å². The Kier molecular flexibility index (Phi) is 5.15. The Hall–Kier alpha value is -3.51. The third-order valence-electron chi connectivity index (χ3n) is 7.01. The average molecular weight is 438 g/mol. The molecule has 33 heavy (non-hydrogen) atoms. The standard InChI is InChI=1S/C27H27N5O/c1-19(31-14-2-3-15-31)20-7-9-22(10-8-20)24-17-28-26(32-18-29-30-27(24)32)12-11-21-5-4-6-25-23(21)13-16-33-25/h4-10,13,16-19H,2-3,11-12,14-15H2,1H3. The van der Waals surface area contributed by atoms with E-state index in [0.29, 0.717) is 6.04 Å². The van der Waals surface area contributed by atoms with Crippen molar-refractivity contribution >= 4 is 16.6 Å². The number of rotatable bonds is 6. The van der Waals surface area contributed by atoms with Crippen LogP contribution in [-0.4, -0.2) is 37.6 Å². The van der Waals surface area contributed by atoms with Gasteiger partial charge in [-0.3, -0.25) is 9.30 Å². The van der Waals surface area contributed by atoms with Gasteiger partial charge in [0, 0.05) is 29.6 Å². The van der Waals surface area contributed by atoms with Crippen LogP contribution in [-0.2, 0) is 12.8 Å². The molecule has 0 spiro atoms. The van der Waals surface area contributed by atoms with Crippen molar-refractivity contribution in [2.24, 2.45) is 0 Å². The summed E-state index contributed by atoms with van der Waals surface area (Å²) >= 11 is 0. The van der Waals surface area contributed by atoms with Crippen molar-refractivity contribution in [3.05, 3.63) is 84.3 Å². The largest absolute Gasteiger partial charge is 0.464 e. The number of furan rings is 1. The summed E-state index contributed by atoms with van der Waals surface area (Å²) in [5, 5.41) is 9.78. The Morgan fingerprint density at radius 2 is 1.85 bits per heavy atom. The van der Waals surface area contributed by atoms with E-state index in [1.54, 1.807) is 12.6 Å². The van der Waals surface area contributed by atoms with Crippen LogP contribution in [0.4, 0.5) is 0 Å². The zero-order valence-corrected chi connectivity index (χ0v) is 18.8. The highest BCUT2D eigenvalue weighted by Crippen LogP contribution is 2.29. The molecule has 0 N–H and O–H groups in total. The van der Waals surface area contributed by atoms with E-state index in [-0.39, 0.29) is 0 Å². The van der Waals surface area contributed by atoms with Crippen LogP contribution >= 0.6 is 0 Å². The predicted octanol–water partition coefficient (Wildman–Crippen LogP) is 5.48. The average Bonchev–Trinajstić information content (AvgIpc) is 3.63. The second-order valence-corrected chi connectivity index (χ2v) is 8.90. The zero-order valence-electron chi connectivity index (χ0n) is 18.8. The maximum Gasteiger partial charge on any atom is 0.171 e. The van der Waals surface area contributed by atoms with Crippen LogP contribution in [0.2, 0.25) is 0 Å². The van der Waals surface area contributed by atoms with E-state index in [1.165, 1.54) is 37.1 Å². The van der Waals surface area contributed by atoms with Crippen LogP contribution in [0, 0.1) is 0 Å². The van der Waals surface area contributed by atoms with Crippen molar-refractivity contribution in [3.8, 4) is 11.1 Å². The summed E-state index contributed by atoms with van der Waals surface area (Å²) < 4.78 is 7.56. The third kappa shape index (κ3) is 3.70. The molecule has 1 aliphatic rings. The Morgan fingerprint density at radius 1 is 1.00 bits per heavy atom. The molecular formula is C27H27N5O. The molecular weight excluding hydrogens is 410 g/mol. The van der Waals surface area contributed by atoms with Gasteiger partial charge in [-0.1, -0.05) is 36.4 Å². The van der Waals surface area contributed by atoms with E-state index in [9.17, 15) is 0 Å². The quantitative estimate of drug-likeness (QED) is 0.352. The maximum atomic E-state index is 5.54. The van der Waals surface area contributed by atoms with Gasteiger partial charge in [-0.25, -0.2) is 4.98 Å². The molecule has 1 atom stereocenters.